The van der Waals surface area contributed by atoms with Gasteiger partial charge in [0.2, 0.25) is 0 Å². The molecular formula is C19H18BrN. The predicted molar refractivity (Wildman–Crippen MR) is 91.7 cm³/mol. The summed E-state index contributed by atoms with van der Waals surface area (Å²) in [6, 6.07) is 15.7. The lowest BCUT2D eigenvalue weighted by Gasteiger charge is -2.38. The van der Waals surface area contributed by atoms with Crippen LogP contribution in [-0.4, -0.2) is 0 Å². The van der Waals surface area contributed by atoms with Crippen molar-refractivity contribution in [2.24, 2.45) is 5.92 Å². The van der Waals surface area contributed by atoms with Crippen molar-refractivity contribution in [3.05, 3.63) is 75.8 Å². The molecule has 3 atom stereocenters. The summed E-state index contributed by atoms with van der Waals surface area (Å²) in [7, 11) is 0. The Balaban J connectivity index is 1.82. The van der Waals surface area contributed by atoms with Gasteiger partial charge >= 0.3 is 0 Å². The van der Waals surface area contributed by atoms with E-state index in [0.29, 0.717) is 17.9 Å². The minimum Gasteiger partial charge on any atom is -0.378 e. The van der Waals surface area contributed by atoms with E-state index in [0.717, 1.165) is 6.42 Å². The van der Waals surface area contributed by atoms with Crippen molar-refractivity contribution in [2.75, 3.05) is 5.32 Å². The van der Waals surface area contributed by atoms with E-state index in [4.69, 9.17) is 0 Å². The molecule has 1 nitrogen and oxygen atoms in total. The van der Waals surface area contributed by atoms with Crippen LogP contribution in [0.2, 0.25) is 0 Å². The van der Waals surface area contributed by atoms with Gasteiger partial charge in [-0.2, -0.15) is 0 Å². The van der Waals surface area contributed by atoms with Crippen LogP contribution in [0.15, 0.2) is 59.1 Å². The number of allylic oxidation sites excluding steroid dienone is 2. The zero-order valence-corrected chi connectivity index (χ0v) is 13.6. The molecule has 0 radical (unpaired) electrons. The summed E-state index contributed by atoms with van der Waals surface area (Å²) in [6.07, 6.45) is 5.89. The average Bonchev–Trinajstić information content (AvgIpc) is 2.97. The Labute approximate surface area is 134 Å². The third kappa shape index (κ3) is 2.13. The van der Waals surface area contributed by atoms with Crippen LogP contribution in [0.4, 0.5) is 5.69 Å². The Morgan fingerprint density at radius 3 is 2.81 bits per heavy atom. The normalized spacial score (nSPS) is 26.1. The van der Waals surface area contributed by atoms with Gasteiger partial charge in [-0.3, -0.25) is 0 Å². The van der Waals surface area contributed by atoms with Crippen molar-refractivity contribution in [1.29, 1.82) is 0 Å². The standard InChI is InChI=1S/C19H18BrN/c1-12-9-10-18-16(11-12)13-6-4-7-14(13)19(21-18)15-5-2-3-8-17(15)20/h2-6,8-11,13-14,19,21H,7H2,1H3/t13-,14-,19+/m1/s1. The minimum atomic E-state index is 0.371. The third-order valence-corrected chi connectivity index (χ3v) is 5.48. The quantitative estimate of drug-likeness (QED) is 0.668. The fraction of sp³-hybridized carbons (Fsp3) is 0.263. The van der Waals surface area contributed by atoms with Gasteiger partial charge in [0.05, 0.1) is 6.04 Å². The van der Waals surface area contributed by atoms with Gasteiger partial charge in [0.15, 0.2) is 0 Å². The summed E-state index contributed by atoms with van der Waals surface area (Å²) >= 11 is 3.72. The second-order valence-electron chi connectivity index (χ2n) is 6.09. The molecule has 0 bridgehead atoms. The van der Waals surface area contributed by atoms with Crippen LogP contribution < -0.4 is 5.32 Å². The lowest BCUT2D eigenvalue weighted by molar-refractivity contribution is 0.424. The van der Waals surface area contributed by atoms with E-state index >= 15 is 0 Å². The fourth-order valence-electron chi connectivity index (χ4n) is 3.75. The van der Waals surface area contributed by atoms with E-state index in [-0.39, 0.29) is 0 Å². The zero-order valence-electron chi connectivity index (χ0n) is 12.0. The van der Waals surface area contributed by atoms with Crippen LogP contribution in [-0.2, 0) is 0 Å². The van der Waals surface area contributed by atoms with Gasteiger partial charge in [0, 0.05) is 16.1 Å². The van der Waals surface area contributed by atoms with Crippen molar-refractivity contribution in [3.8, 4) is 0 Å². The van der Waals surface area contributed by atoms with Gasteiger partial charge in [0.1, 0.15) is 0 Å². The number of hydrogen-bond acceptors (Lipinski definition) is 1. The summed E-state index contributed by atoms with van der Waals surface area (Å²) in [6.45, 7) is 2.17. The molecule has 2 aliphatic rings. The van der Waals surface area contributed by atoms with E-state index in [9.17, 15) is 0 Å². The second kappa shape index (κ2) is 5.03. The maximum atomic E-state index is 3.78. The lowest BCUT2D eigenvalue weighted by atomic mass is 9.77. The van der Waals surface area contributed by atoms with Gasteiger partial charge in [-0.15, -0.1) is 0 Å². The Hall–Kier alpha value is -1.54. The molecule has 1 heterocycles. The number of hydrogen-bond donors (Lipinski definition) is 1. The smallest absolute Gasteiger partial charge is 0.0565 e. The van der Waals surface area contributed by atoms with Gasteiger partial charge in [-0.1, -0.05) is 64.0 Å². The van der Waals surface area contributed by atoms with Crippen LogP contribution in [0.5, 0.6) is 0 Å². The maximum absolute atomic E-state index is 3.78. The average molecular weight is 340 g/mol. The lowest BCUT2D eigenvalue weighted by Crippen LogP contribution is -2.29. The molecule has 0 saturated heterocycles. The molecule has 2 aromatic rings. The SMILES string of the molecule is Cc1ccc2c(c1)[C@@H]1C=CC[C@H]1[C@@H](c1ccccc1Br)N2. The van der Waals surface area contributed by atoms with Crippen LogP contribution in [0, 0.1) is 12.8 Å². The topological polar surface area (TPSA) is 12.0 Å². The number of anilines is 1. The maximum Gasteiger partial charge on any atom is 0.0565 e. The molecule has 0 unspecified atom stereocenters. The van der Waals surface area contributed by atoms with E-state index in [1.807, 2.05) is 0 Å². The van der Waals surface area contributed by atoms with E-state index in [2.05, 4.69) is 82.8 Å². The van der Waals surface area contributed by atoms with Crippen molar-refractivity contribution in [3.63, 3.8) is 0 Å². The number of fused-ring (bicyclic) bond motifs is 3. The van der Waals surface area contributed by atoms with Crippen molar-refractivity contribution >= 4 is 21.6 Å². The third-order valence-electron chi connectivity index (χ3n) is 4.76. The van der Waals surface area contributed by atoms with E-state index in [1.54, 1.807) is 0 Å². The number of halogens is 1. The van der Waals surface area contributed by atoms with E-state index < -0.39 is 0 Å². The first kappa shape index (κ1) is 13.1. The minimum absolute atomic E-state index is 0.371. The molecular weight excluding hydrogens is 322 g/mol. The van der Waals surface area contributed by atoms with Crippen LogP contribution >= 0.6 is 15.9 Å². The summed E-state index contributed by atoms with van der Waals surface area (Å²) < 4.78 is 1.20. The Bertz CT molecular complexity index is 719. The molecule has 2 heteroatoms. The van der Waals surface area contributed by atoms with Crippen molar-refractivity contribution < 1.29 is 0 Å². The van der Waals surface area contributed by atoms with Crippen LogP contribution in [0.25, 0.3) is 0 Å². The highest BCUT2D eigenvalue weighted by Crippen LogP contribution is 2.50. The molecule has 0 fully saturated rings. The monoisotopic (exact) mass is 339 g/mol. The van der Waals surface area contributed by atoms with Crippen molar-refractivity contribution in [1.82, 2.24) is 0 Å². The predicted octanol–water partition coefficient (Wildman–Crippen LogP) is 5.58. The molecule has 0 amide bonds. The Morgan fingerprint density at radius 2 is 1.95 bits per heavy atom. The summed E-state index contributed by atoms with van der Waals surface area (Å²) in [5.41, 5.74) is 5.45. The Kier molecular flexibility index (Phi) is 3.15. The molecule has 2 aromatic carbocycles. The highest BCUT2D eigenvalue weighted by molar-refractivity contribution is 9.10. The number of benzene rings is 2. The van der Waals surface area contributed by atoms with Crippen LogP contribution in [0.3, 0.4) is 0 Å². The molecule has 1 aliphatic carbocycles. The van der Waals surface area contributed by atoms with E-state index in [1.165, 1.54) is 26.9 Å². The zero-order chi connectivity index (χ0) is 14.4. The summed E-state index contributed by atoms with van der Waals surface area (Å²) in [5.74, 6) is 1.15. The molecule has 4 rings (SSSR count). The number of rotatable bonds is 1. The number of nitrogens with one attached hydrogen (secondary N) is 1. The molecule has 0 saturated carbocycles. The first-order chi connectivity index (χ1) is 10.2. The largest absolute Gasteiger partial charge is 0.378 e. The molecule has 0 aromatic heterocycles. The Morgan fingerprint density at radius 1 is 1.10 bits per heavy atom. The summed E-state index contributed by atoms with van der Waals surface area (Å²) in [5, 5.41) is 3.78. The first-order valence-corrected chi connectivity index (χ1v) is 8.31. The van der Waals surface area contributed by atoms with Gasteiger partial charge in [-0.25, -0.2) is 0 Å². The van der Waals surface area contributed by atoms with Gasteiger partial charge in [0.25, 0.3) is 0 Å². The second-order valence-corrected chi connectivity index (χ2v) is 6.94. The first-order valence-electron chi connectivity index (χ1n) is 7.52. The van der Waals surface area contributed by atoms with Gasteiger partial charge < -0.3 is 5.32 Å². The molecule has 1 N–H and O–H groups in total. The fourth-order valence-corrected chi connectivity index (χ4v) is 4.28. The van der Waals surface area contributed by atoms with Gasteiger partial charge in [-0.05, 0) is 42.5 Å². The van der Waals surface area contributed by atoms with Crippen LogP contribution in [0.1, 0.15) is 35.1 Å². The highest BCUT2D eigenvalue weighted by Gasteiger charge is 2.38. The summed E-state index contributed by atoms with van der Waals surface area (Å²) in [4.78, 5) is 0. The molecule has 21 heavy (non-hydrogen) atoms. The van der Waals surface area contributed by atoms with Crippen molar-refractivity contribution in [2.45, 2.75) is 25.3 Å². The highest BCUT2D eigenvalue weighted by atomic mass is 79.9. The molecule has 106 valence electrons. The molecule has 0 spiro atoms. The molecule has 1 aliphatic heterocycles. The number of aryl methyl sites for hydroxylation is 1.